The van der Waals surface area contributed by atoms with Gasteiger partial charge in [-0.1, -0.05) is 0 Å². The first kappa shape index (κ1) is 14.6. The molecule has 1 aliphatic heterocycles. The smallest absolute Gasteiger partial charge is 0.156 e. The maximum Gasteiger partial charge on any atom is 0.156 e. The number of benzene rings is 2. The molecule has 0 unspecified atom stereocenters. The molecule has 1 N–H and O–H groups in total. The van der Waals surface area contributed by atoms with Gasteiger partial charge >= 0.3 is 0 Å². The number of pyridine rings is 1. The quantitative estimate of drug-likeness (QED) is 0.461. The molecule has 24 heavy (non-hydrogen) atoms. The van der Waals surface area contributed by atoms with Gasteiger partial charge < -0.3 is 9.32 Å². The Morgan fingerprint density at radius 2 is 1.96 bits per heavy atom. The Morgan fingerprint density at radius 1 is 1.12 bits per heavy atom. The van der Waals surface area contributed by atoms with Crippen LogP contribution in [0.3, 0.4) is 0 Å². The largest absolute Gasteiger partial charge is 0.453 e. The fourth-order valence-corrected chi connectivity index (χ4v) is 3.11. The minimum Gasteiger partial charge on any atom is -0.453 e. The van der Waals surface area contributed by atoms with Crippen molar-refractivity contribution in [2.75, 3.05) is 18.0 Å². The zero-order chi connectivity index (χ0) is 16.7. The summed E-state index contributed by atoms with van der Waals surface area (Å²) in [5, 5.41) is 9.36. The molecular formula is C19H18N4O. The van der Waals surface area contributed by atoms with Crippen molar-refractivity contribution in [2.45, 2.75) is 13.8 Å². The Morgan fingerprint density at radius 3 is 2.75 bits per heavy atom. The highest BCUT2D eigenvalue weighted by molar-refractivity contribution is 5.94. The third kappa shape index (κ3) is 2.21. The van der Waals surface area contributed by atoms with Crippen molar-refractivity contribution in [1.29, 1.82) is 5.41 Å². The number of nitrogens with one attached hydrogen (secondary N) is 1. The van der Waals surface area contributed by atoms with E-state index in [4.69, 9.17) is 14.8 Å². The Balaban J connectivity index is 2.02. The van der Waals surface area contributed by atoms with Crippen molar-refractivity contribution in [3.63, 3.8) is 0 Å². The van der Waals surface area contributed by atoms with Gasteiger partial charge in [-0.25, -0.2) is 4.98 Å². The minimum absolute atomic E-state index is 0.350. The second-order valence-corrected chi connectivity index (χ2v) is 5.71. The Labute approximate surface area is 139 Å². The fraction of sp³-hybridized carbons (Fsp3) is 0.211. The molecule has 5 heteroatoms. The van der Waals surface area contributed by atoms with Crippen molar-refractivity contribution in [3.8, 4) is 11.5 Å². The molecule has 2 aromatic rings. The zero-order valence-electron chi connectivity index (χ0n) is 13.7. The van der Waals surface area contributed by atoms with E-state index in [-0.39, 0.29) is 0 Å². The van der Waals surface area contributed by atoms with E-state index >= 15 is 0 Å². The van der Waals surface area contributed by atoms with Crippen molar-refractivity contribution in [1.82, 2.24) is 9.97 Å². The second kappa shape index (κ2) is 5.60. The van der Waals surface area contributed by atoms with E-state index in [1.807, 2.05) is 24.3 Å². The molecule has 0 bridgehead atoms. The Hall–Kier alpha value is -2.95. The average molecular weight is 318 g/mol. The van der Waals surface area contributed by atoms with Gasteiger partial charge in [-0.3, -0.25) is 10.4 Å². The van der Waals surface area contributed by atoms with Crippen molar-refractivity contribution in [3.05, 3.63) is 48.0 Å². The molecule has 0 saturated heterocycles. The predicted molar refractivity (Wildman–Crippen MR) is 95.3 cm³/mol. The molecular weight excluding hydrogens is 300 g/mol. The van der Waals surface area contributed by atoms with Crippen LogP contribution in [0.15, 0.2) is 47.0 Å². The van der Waals surface area contributed by atoms with Gasteiger partial charge in [0, 0.05) is 42.5 Å². The van der Waals surface area contributed by atoms with Gasteiger partial charge in [-0.05, 0) is 38.1 Å². The summed E-state index contributed by atoms with van der Waals surface area (Å²) >= 11 is 0. The van der Waals surface area contributed by atoms with Crippen LogP contribution >= 0.6 is 0 Å². The number of fused-ring (bicyclic) bond motifs is 4. The number of rotatable bonds is 3. The Kier molecular flexibility index (Phi) is 3.41. The van der Waals surface area contributed by atoms with E-state index in [2.05, 4.69) is 29.8 Å². The second-order valence-electron chi connectivity index (χ2n) is 5.71. The lowest BCUT2D eigenvalue weighted by Crippen LogP contribution is -2.21. The molecule has 2 heterocycles. The van der Waals surface area contributed by atoms with Crippen LogP contribution < -0.4 is 10.3 Å². The minimum atomic E-state index is 0.350. The van der Waals surface area contributed by atoms with E-state index < -0.39 is 0 Å². The highest BCUT2D eigenvalue weighted by atomic mass is 16.3. The molecule has 0 atom stereocenters. The summed E-state index contributed by atoms with van der Waals surface area (Å²) in [6, 6.07) is 11.6. The van der Waals surface area contributed by atoms with Crippen LogP contribution in [0, 0.1) is 5.41 Å². The van der Waals surface area contributed by atoms with E-state index in [9.17, 15) is 0 Å². The van der Waals surface area contributed by atoms with Crippen molar-refractivity contribution >= 4 is 27.7 Å². The number of hydrogen-bond acceptors (Lipinski definition) is 5. The lowest BCUT2D eigenvalue weighted by Gasteiger charge is -2.21. The number of anilines is 1. The molecule has 1 aromatic heterocycles. The highest BCUT2D eigenvalue weighted by Crippen LogP contribution is 2.30. The summed E-state index contributed by atoms with van der Waals surface area (Å²) in [4.78, 5) is 11.3. The van der Waals surface area contributed by atoms with E-state index in [1.165, 1.54) is 0 Å². The first-order chi connectivity index (χ1) is 11.7. The third-order valence-corrected chi connectivity index (χ3v) is 4.35. The van der Waals surface area contributed by atoms with E-state index in [1.54, 1.807) is 12.3 Å². The molecule has 0 fully saturated rings. The summed E-state index contributed by atoms with van der Waals surface area (Å²) in [7, 11) is 0. The molecule has 2 aliphatic rings. The van der Waals surface area contributed by atoms with Crippen LogP contribution in [0.1, 0.15) is 13.8 Å². The van der Waals surface area contributed by atoms with Crippen LogP contribution in [0.25, 0.3) is 33.5 Å². The Bertz CT molecular complexity index is 1070. The maximum atomic E-state index is 8.17. The van der Waals surface area contributed by atoms with Gasteiger partial charge in [0.05, 0.1) is 10.9 Å². The maximum absolute atomic E-state index is 8.17. The summed E-state index contributed by atoms with van der Waals surface area (Å²) in [5.41, 5.74) is 4.05. The SMILES string of the molecule is CCN(CC)c1ccc2nc3c4cccnc4c(=N)cc-3oc2c1. The average Bonchev–Trinajstić information content (AvgIpc) is 2.62. The zero-order valence-corrected chi connectivity index (χ0v) is 13.7. The van der Waals surface area contributed by atoms with Gasteiger partial charge in [-0.2, -0.15) is 0 Å². The normalized spacial score (nSPS) is 11.4. The first-order valence-corrected chi connectivity index (χ1v) is 8.13. The topological polar surface area (TPSA) is 66.0 Å². The van der Waals surface area contributed by atoms with Crippen molar-refractivity contribution in [2.24, 2.45) is 0 Å². The number of aromatic nitrogens is 2. The molecule has 4 rings (SSSR count). The molecule has 1 aromatic carbocycles. The molecule has 1 aliphatic carbocycles. The standard InChI is InChI=1S/C19H18N4O/c1-3-23(4-2)12-7-8-15-16(10-12)24-17-11-14(20)18-13(19(17)22-15)6-5-9-21-18/h5-11,20H,3-4H2,1-2H3. The monoisotopic (exact) mass is 318 g/mol. The van der Waals surface area contributed by atoms with Gasteiger partial charge in [0.15, 0.2) is 11.3 Å². The molecule has 120 valence electrons. The molecule has 0 amide bonds. The summed E-state index contributed by atoms with van der Waals surface area (Å²) in [6.45, 7) is 6.15. The molecule has 0 radical (unpaired) electrons. The summed E-state index contributed by atoms with van der Waals surface area (Å²) in [6.07, 6.45) is 1.70. The summed E-state index contributed by atoms with van der Waals surface area (Å²) in [5.74, 6) is 0.615. The number of nitrogens with zero attached hydrogens (tertiary/aromatic N) is 3. The van der Waals surface area contributed by atoms with Crippen LogP contribution in [0.5, 0.6) is 0 Å². The van der Waals surface area contributed by atoms with E-state index in [0.717, 1.165) is 41.0 Å². The van der Waals surface area contributed by atoms with Gasteiger partial charge in [0.2, 0.25) is 0 Å². The van der Waals surface area contributed by atoms with Crippen LogP contribution in [-0.2, 0) is 0 Å². The lowest BCUT2D eigenvalue weighted by atomic mass is 10.1. The number of hydrogen-bond donors (Lipinski definition) is 1. The van der Waals surface area contributed by atoms with Crippen LogP contribution in [-0.4, -0.2) is 23.1 Å². The van der Waals surface area contributed by atoms with Crippen molar-refractivity contribution < 1.29 is 4.42 Å². The third-order valence-electron chi connectivity index (χ3n) is 4.35. The van der Waals surface area contributed by atoms with Gasteiger partial charge in [0.25, 0.3) is 0 Å². The predicted octanol–water partition coefficient (Wildman–Crippen LogP) is 3.81. The van der Waals surface area contributed by atoms with E-state index in [0.29, 0.717) is 16.6 Å². The molecule has 5 nitrogen and oxygen atoms in total. The molecule has 0 saturated carbocycles. The lowest BCUT2D eigenvalue weighted by molar-refractivity contribution is 0.613. The van der Waals surface area contributed by atoms with Crippen LogP contribution in [0.2, 0.25) is 0 Å². The van der Waals surface area contributed by atoms with Gasteiger partial charge in [0.1, 0.15) is 11.2 Å². The van der Waals surface area contributed by atoms with Gasteiger partial charge in [-0.15, -0.1) is 0 Å². The highest BCUT2D eigenvalue weighted by Gasteiger charge is 2.15. The first-order valence-electron chi connectivity index (χ1n) is 8.13. The fourth-order valence-electron chi connectivity index (χ4n) is 3.11. The van der Waals surface area contributed by atoms with Crippen LogP contribution in [0.4, 0.5) is 5.69 Å². The molecule has 0 spiro atoms. The summed E-state index contributed by atoms with van der Waals surface area (Å²) < 4.78 is 6.08.